The number of rotatable bonds is 5. The topological polar surface area (TPSA) is 86.5 Å². The number of fused-ring (bicyclic) bond motifs is 1. The molecule has 2 aromatic rings. The molecular weight excluding hydrogens is 320 g/mol. The Balaban J connectivity index is 1.67. The summed E-state index contributed by atoms with van der Waals surface area (Å²) in [6.07, 6.45) is 3.76. The maximum absolute atomic E-state index is 12.5. The van der Waals surface area contributed by atoms with Gasteiger partial charge >= 0.3 is 6.03 Å². The minimum atomic E-state index is -0.360. The fraction of sp³-hybridized carbons (Fsp3) is 0.444. The van der Waals surface area contributed by atoms with E-state index in [1.54, 1.807) is 25.3 Å². The highest BCUT2D eigenvalue weighted by Crippen LogP contribution is 2.18. The van der Waals surface area contributed by atoms with Crippen molar-refractivity contribution in [2.45, 2.75) is 25.8 Å². The maximum Gasteiger partial charge on any atom is 0.319 e. The van der Waals surface area contributed by atoms with Gasteiger partial charge in [0.05, 0.1) is 12.6 Å². The Morgan fingerprint density at radius 3 is 3.04 bits per heavy atom. The van der Waals surface area contributed by atoms with Gasteiger partial charge < -0.3 is 20.4 Å². The number of likely N-dealkylation sites (N-methyl/N-ethyl adjacent to an activating group) is 1. The van der Waals surface area contributed by atoms with Crippen LogP contribution in [0.2, 0.25) is 0 Å². The van der Waals surface area contributed by atoms with E-state index >= 15 is 0 Å². The van der Waals surface area contributed by atoms with Crippen LogP contribution in [0, 0.1) is 0 Å². The van der Waals surface area contributed by atoms with Gasteiger partial charge in [-0.2, -0.15) is 0 Å². The van der Waals surface area contributed by atoms with E-state index in [0.717, 1.165) is 25.9 Å². The molecule has 1 atom stereocenters. The van der Waals surface area contributed by atoms with Crippen molar-refractivity contribution in [3.63, 3.8) is 0 Å². The van der Waals surface area contributed by atoms with Crippen molar-refractivity contribution in [1.82, 2.24) is 15.2 Å². The predicted molar refractivity (Wildman–Crippen MR) is 98.4 cm³/mol. The first-order valence-electron chi connectivity index (χ1n) is 8.60. The van der Waals surface area contributed by atoms with E-state index in [1.807, 2.05) is 0 Å². The van der Waals surface area contributed by atoms with Gasteiger partial charge in [-0.05, 0) is 38.1 Å². The van der Waals surface area contributed by atoms with E-state index in [4.69, 9.17) is 4.74 Å². The van der Waals surface area contributed by atoms with Gasteiger partial charge in [0.25, 0.3) is 0 Å². The molecule has 0 spiro atoms. The van der Waals surface area contributed by atoms with Crippen LogP contribution in [0.25, 0.3) is 10.9 Å². The van der Waals surface area contributed by atoms with Crippen LogP contribution in [0.5, 0.6) is 5.75 Å². The number of H-pyrrole nitrogens is 1. The second-order valence-electron chi connectivity index (χ2n) is 6.20. The number of carbonyl (C=O) groups is 1. The molecule has 0 aliphatic carbocycles. The third kappa shape index (κ3) is 3.76. The van der Waals surface area contributed by atoms with Crippen molar-refractivity contribution < 1.29 is 9.53 Å². The zero-order valence-electron chi connectivity index (χ0n) is 14.6. The normalized spacial score (nSPS) is 17.6. The second-order valence-corrected chi connectivity index (χ2v) is 6.20. The SMILES string of the molecule is CCN1CCC[C@@H]1CNC(=O)Nc1c[nH]c2cc(OC)ccc2c1=O. The summed E-state index contributed by atoms with van der Waals surface area (Å²) in [7, 11) is 1.57. The molecular formula is C18H24N4O3. The predicted octanol–water partition coefficient (Wildman–Crippen LogP) is 2.14. The van der Waals surface area contributed by atoms with E-state index in [1.165, 1.54) is 6.20 Å². The molecule has 2 amide bonds. The molecule has 0 unspecified atom stereocenters. The summed E-state index contributed by atoms with van der Waals surface area (Å²) in [5.41, 5.74) is 0.677. The van der Waals surface area contributed by atoms with Crippen LogP contribution in [-0.2, 0) is 0 Å². The average Bonchev–Trinajstić information content (AvgIpc) is 3.09. The van der Waals surface area contributed by atoms with Gasteiger partial charge in [0.1, 0.15) is 11.4 Å². The summed E-state index contributed by atoms with van der Waals surface area (Å²) in [4.78, 5) is 30.0. The number of carbonyl (C=O) groups excluding carboxylic acids is 1. The molecule has 25 heavy (non-hydrogen) atoms. The van der Waals surface area contributed by atoms with E-state index in [0.29, 0.717) is 29.2 Å². The van der Waals surface area contributed by atoms with Gasteiger partial charge in [-0.25, -0.2) is 4.79 Å². The van der Waals surface area contributed by atoms with Crippen molar-refractivity contribution in [2.75, 3.05) is 32.1 Å². The molecule has 1 aromatic carbocycles. The van der Waals surface area contributed by atoms with E-state index < -0.39 is 0 Å². The summed E-state index contributed by atoms with van der Waals surface area (Å²) >= 11 is 0. The van der Waals surface area contributed by atoms with Crippen LogP contribution in [0.15, 0.2) is 29.2 Å². The Bertz CT molecular complexity index is 818. The van der Waals surface area contributed by atoms with Crippen LogP contribution >= 0.6 is 0 Å². The lowest BCUT2D eigenvalue weighted by Gasteiger charge is -2.22. The van der Waals surface area contributed by atoms with Gasteiger partial charge in [-0.1, -0.05) is 6.92 Å². The Hall–Kier alpha value is -2.54. The number of anilines is 1. The highest BCUT2D eigenvalue weighted by molar-refractivity contribution is 5.92. The quantitative estimate of drug-likeness (QED) is 0.776. The van der Waals surface area contributed by atoms with Crippen molar-refractivity contribution in [3.8, 4) is 5.75 Å². The number of hydrogen-bond acceptors (Lipinski definition) is 4. The van der Waals surface area contributed by atoms with Gasteiger partial charge in [0, 0.05) is 30.2 Å². The van der Waals surface area contributed by atoms with Gasteiger partial charge in [-0.15, -0.1) is 0 Å². The summed E-state index contributed by atoms with van der Waals surface area (Å²) in [6.45, 7) is 4.78. The number of methoxy groups -OCH3 is 1. The molecule has 7 nitrogen and oxygen atoms in total. The van der Waals surface area contributed by atoms with Crippen LogP contribution < -0.4 is 20.8 Å². The Labute approximate surface area is 146 Å². The van der Waals surface area contributed by atoms with Crippen LogP contribution in [-0.4, -0.2) is 48.7 Å². The number of benzene rings is 1. The van der Waals surface area contributed by atoms with Crippen LogP contribution in [0.1, 0.15) is 19.8 Å². The molecule has 0 saturated carbocycles. The lowest BCUT2D eigenvalue weighted by Crippen LogP contribution is -2.41. The molecule has 1 aliphatic heterocycles. The van der Waals surface area contributed by atoms with Gasteiger partial charge in [0.15, 0.2) is 0 Å². The number of nitrogens with one attached hydrogen (secondary N) is 3. The van der Waals surface area contributed by atoms with Gasteiger partial charge in [-0.3, -0.25) is 9.69 Å². The molecule has 0 bridgehead atoms. The fourth-order valence-corrected chi connectivity index (χ4v) is 3.34. The number of aromatic amines is 1. The maximum atomic E-state index is 12.5. The molecule has 7 heteroatoms. The average molecular weight is 344 g/mol. The summed E-state index contributed by atoms with van der Waals surface area (Å²) in [6, 6.07) is 5.17. The number of amides is 2. The van der Waals surface area contributed by atoms with Crippen LogP contribution in [0.3, 0.4) is 0 Å². The molecule has 3 N–H and O–H groups in total. The van der Waals surface area contributed by atoms with Crippen molar-refractivity contribution >= 4 is 22.6 Å². The molecule has 1 saturated heterocycles. The standard InChI is InChI=1S/C18H24N4O3/c1-3-22-8-4-5-12(22)10-20-18(24)21-16-11-19-15-9-13(25-2)6-7-14(15)17(16)23/h6-7,9,11-12H,3-5,8,10H2,1-2H3,(H,19,23)(H2,20,21,24)/t12-/m1/s1. The summed E-state index contributed by atoms with van der Waals surface area (Å²) < 4.78 is 5.15. The smallest absolute Gasteiger partial charge is 0.319 e. The highest BCUT2D eigenvalue weighted by atomic mass is 16.5. The number of urea groups is 1. The van der Waals surface area contributed by atoms with Crippen molar-refractivity contribution in [2.24, 2.45) is 0 Å². The molecule has 134 valence electrons. The second kappa shape index (κ2) is 7.57. The Kier molecular flexibility index (Phi) is 5.23. The molecule has 1 aromatic heterocycles. The van der Waals surface area contributed by atoms with Gasteiger partial charge in [0.2, 0.25) is 5.43 Å². The lowest BCUT2D eigenvalue weighted by atomic mass is 10.2. The molecule has 3 rings (SSSR count). The first-order valence-corrected chi connectivity index (χ1v) is 8.60. The zero-order valence-corrected chi connectivity index (χ0v) is 14.6. The number of aromatic nitrogens is 1. The molecule has 2 heterocycles. The Morgan fingerprint density at radius 1 is 1.44 bits per heavy atom. The van der Waals surface area contributed by atoms with E-state index in [-0.39, 0.29) is 17.1 Å². The summed E-state index contributed by atoms with van der Waals surface area (Å²) in [5.74, 6) is 0.665. The number of hydrogen-bond donors (Lipinski definition) is 3. The first-order chi connectivity index (χ1) is 12.1. The Morgan fingerprint density at radius 2 is 2.28 bits per heavy atom. The lowest BCUT2D eigenvalue weighted by molar-refractivity contribution is 0.238. The molecule has 0 radical (unpaired) electrons. The zero-order chi connectivity index (χ0) is 17.8. The fourth-order valence-electron chi connectivity index (χ4n) is 3.34. The number of ether oxygens (including phenoxy) is 1. The van der Waals surface area contributed by atoms with E-state index in [9.17, 15) is 9.59 Å². The third-order valence-corrected chi connectivity index (χ3v) is 4.74. The van der Waals surface area contributed by atoms with Crippen molar-refractivity contribution in [3.05, 3.63) is 34.6 Å². The number of pyridine rings is 1. The largest absolute Gasteiger partial charge is 0.497 e. The van der Waals surface area contributed by atoms with Crippen LogP contribution in [0.4, 0.5) is 10.5 Å². The number of nitrogens with zero attached hydrogens (tertiary/aromatic N) is 1. The molecule has 1 aliphatic rings. The van der Waals surface area contributed by atoms with E-state index in [2.05, 4.69) is 27.4 Å². The third-order valence-electron chi connectivity index (χ3n) is 4.74. The summed E-state index contributed by atoms with van der Waals surface area (Å²) in [5, 5.41) is 6.02. The monoisotopic (exact) mass is 344 g/mol. The number of likely N-dealkylation sites (tertiary alicyclic amines) is 1. The molecule has 1 fully saturated rings. The minimum Gasteiger partial charge on any atom is -0.497 e. The first kappa shape index (κ1) is 17.3. The minimum absolute atomic E-state index is 0.220. The van der Waals surface area contributed by atoms with Crippen molar-refractivity contribution in [1.29, 1.82) is 0 Å². The highest BCUT2D eigenvalue weighted by Gasteiger charge is 2.23.